The Balaban J connectivity index is 1.55. The fourth-order valence-corrected chi connectivity index (χ4v) is 6.56. The molecule has 4 N–H and O–H groups in total. The number of thiazole rings is 1. The number of amides is 4. The van der Waals surface area contributed by atoms with Gasteiger partial charge in [0.05, 0.1) is 24.2 Å². The number of hydrogen-bond acceptors (Lipinski definition) is 8. The minimum atomic E-state index is -0.626. The van der Waals surface area contributed by atoms with Crippen molar-refractivity contribution in [2.45, 2.75) is 72.1 Å². The molecule has 48 heavy (non-hydrogen) atoms. The van der Waals surface area contributed by atoms with Crippen molar-refractivity contribution in [2.75, 3.05) is 13.1 Å². The van der Waals surface area contributed by atoms with Crippen LogP contribution in [0.5, 0.6) is 0 Å². The monoisotopic (exact) mass is 673 g/mol. The number of rotatable bonds is 6. The highest BCUT2D eigenvalue weighted by atomic mass is 32.1. The Hall–Kier alpha value is -4.85. The van der Waals surface area contributed by atoms with Crippen molar-refractivity contribution >= 4 is 35.0 Å². The third-order valence-corrected chi connectivity index (χ3v) is 9.09. The van der Waals surface area contributed by atoms with Crippen LogP contribution in [0.1, 0.15) is 89.3 Å². The van der Waals surface area contributed by atoms with Gasteiger partial charge < -0.3 is 25.8 Å². The Morgan fingerprint density at radius 2 is 1.71 bits per heavy atom. The first-order valence-corrected chi connectivity index (χ1v) is 17.1. The standard InChI is InChI=1S/C34H43N9O4S/c1-20(2)13-26-33-40-28(19-48-33)32(46)39-25(14-23-9-7-6-8-10-23)31-36-22(5)41-43(31)18-30(45)38-27(21(3)4)16-42(17-29(44)37-26)34(47)24-11-12-35-15-24/h6-12,15,19-21,25-27,35H,13-14,16-18H2,1-5H3,(H,37,44)(H,38,45)(H,39,46)/t25-,26-,27+/m0/s1. The van der Waals surface area contributed by atoms with Crippen molar-refractivity contribution in [1.29, 1.82) is 0 Å². The second-order valence-electron chi connectivity index (χ2n) is 12.9. The molecule has 14 heteroatoms. The molecule has 0 fully saturated rings. The van der Waals surface area contributed by atoms with E-state index in [4.69, 9.17) is 0 Å². The van der Waals surface area contributed by atoms with E-state index in [2.05, 4.69) is 36.0 Å². The number of H-pyrrole nitrogens is 1. The molecule has 254 valence electrons. The lowest BCUT2D eigenvalue weighted by molar-refractivity contribution is -0.123. The SMILES string of the molecule is Cc1nc2n(n1)CC(=O)N[C@@H](C(C)C)CN(C(=O)c1cc[nH]c1)CC(=O)N[C@@H](CC(C)C)c1nc(cs1)C(=O)N[C@H]2Cc1ccccc1. The second kappa shape index (κ2) is 15.4. The van der Waals surface area contributed by atoms with E-state index in [1.165, 1.54) is 20.9 Å². The zero-order valence-corrected chi connectivity index (χ0v) is 28.7. The number of aromatic amines is 1. The molecule has 13 nitrogen and oxygen atoms in total. The van der Waals surface area contributed by atoms with Crippen molar-refractivity contribution in [2.24, 2.45) is 11.8 Å². The van der Waals surface area contributed by atoms with Gasteiger partial charge in [0.25, 0.3) is 11.8 Å². The molecule has 0 aliphatic carbocycles. The second-order valence-corrected chi connectivity index (χ2v) is 13.8. The van der Waals surface area contributed by atoms with E-state index in [9.17, 15) is 19.2 Å². The topological polar surface area (TPSA) is 167 Å². The van der Waals surface area contributed by atoms with E-state index in [1.54, 1.807) is 30.8 Å². The Kier molecular flexibility index (Phi) is 11.0. The summed E-state index contributed by atoms with van der Waals surface area (Å²) in [5, 5.41) is 16.0. The van der Waals surface area contributed by atoms with Gasteiger partial charge in [-0.2, -0.15) is 5.10 Å². The van der Waals surface area contributed by atoms with Crippen LogP contribution < -0.4 is 16.0 Å². The molecule has 1 aliphatic heterocycles. The summed E-state index contributed by atoms with van der Waals surface area (Å²) < 4.78 is 1.51. The molecule has 5 rings (SSSR count). The highest BCUT2D eigenvalue weighted by Gasteiger charge is 2.30. The zero-order chi connectivity index (χ0) is 34.4. The van der Waals surface area contributed by atoms with Crippen molar-refractivity contribution in [3.05, 3.63) is 87.6 Å². The Bertz CT molecular complexity index is 1710. The van der Waals surface area contributed by atoms with E-state index in [0.717, 1.165) is 5.56 Å². The maximum atomic E-state index is 13.7. The number of carbonyl (C=O) groups is 4. The van der Waals surface area contributed by atoms with Crippen molar-refractivity contribution < 1.29 is 19.2 Å². The van der Waals surface area contributed by atoms with E-state index >= 15 is 0 Å². The number of benzene rings is 1. The van der Waals surface area contributed by atoms with Crippen LogP contribution in [0.4, 0.5) is 0 Å². The summed E-state index contributed by atoms with van der Waals surface area (Å²) in [6, 6.07) is 9.77. The first kappa shape index (κ1) is 34.5. The summed E-state index contributed by atoms with van der Waals surface area (Å²) in [7, 11) is 0. The minimum Gasteiger partial charge on any atom is -0.367 e. The molecule has 0 unspecified atom stereocenters. The van der Waals surface area contributed by atoms with Gasteiger partial charge in [-0.05, 0) is 43.2 Å². The van der Waals surface area contributed by atoms with E-state index in [-0.39, 0.29) is 54.9 Å². The Morgan fingerprint density at radius 1 is 0.958 bits per heavy atom. The number of fused-ring (bicyclic) bond motifs is 3. The zero-order valence-electron chi connectivity index (χ0n) is 27.9. The maximum Gasteiger partial charge on any atom is 0.271 e. The lowest BCUT2D eigenvalue weighted by Crippen LogP contribution is -2.51. The Labute approximate surface area is 283 Å². The molecule has 4 aromatic rings. The highest BCUT2D eigenvalue weighted by molar-refractivity contribution is 7.09. The van der Waals surface area contributed by atoms with Gasteiger partial charge in [-0.15, -0.1) is 11.3 Å². The van der Waals surface area contributed by atoms with Crippen LogP contribution in [-0.4, -0.2) is 72.4 Å². The molecule has 4 heterocycles. The predicted molar refractivity (Wildman–Crippen MR) is 181 cm³/mol. The number of aromatic nitrogens is 5. The molecular weight excluding hydrogens is 630 g/mol. The predicted octanol–water partition coefficient (Wildman–Crippen LogP) is 3.59. The number of carbonyl (C=O) groups excluding carboxylic acids is 4. The first-order valence-electron chi connectivity index (χ1n) is 16.2. The van der Waals surface area contributed by atoms with Crippen LogP contribution in [0, 0.1) is 18.8 Å². The van der Waals surface area contributed by atoms with Crippen LogP contribution in [0.15, 0.2) is 54.2 Å². The largest absolute Gasteiger partial charge is 0.367 e. The Morgan fingerprint density at radius 3 is 2.40 bits per heavy atom. The van der Waals surface area contributed by atoms with Gasteiger partial charge >= 0.3 is 0 Å². The van der Waals surface area contributed by atoms with Crippen molar-refractivity contribution in [1.82, 2.24) is 45.6 Å². The third-order valence-electron chi connectivity index (χ3n) is 8.13. The molecule has 2 bridgehead atoms. The van der Waals surface area contributed by atoms with E-state index < -0.39 is 24.0 Å². The van der Waals surface area contributed by atoms with E-state index in [1.807, 2.05) is 58.0 Å². The minimum absolute atomic E-state index is 0.0753. The summed E-state index contributed by atoms with van der Waals surface area (Å²) in [5.41, 5.74) is 1.58. The maximum absolute atomic E-state index is 13.7. The van der Waals surface area contributed by atoms with Crippen LogP contribution in [0.25, 0.3) is 0 Å². The van der Waals surface area contributed by atoms with Crippen molar-refractivity contribution in [3.63, 3.8) is 0 Å². The van der Waals surface area contributed by atoms with Gasteiger partial charge in [0.2, 0.25) is 11.8 Å². The summed E-state index contributed by atoms with van der Waals surface area (Å²) in [6.07, 6.45) is 4.21. The molecule has 3 aromatic heterocycles. The van der Waals surface area contributed by atoms with Crippen molar-refractivity contribution in [3.8, 4) is 0 Å². The number of aryl methyl sites for hydroxylation is 1. The number of nitrogens with zero attached hydrogens (tertiary/aromatic N) is 5. The number of hydrogen-bond donors (Lipinski definition) is 4. The molecule has 1 aliphatic rings. The molecule has 0 saturated carbocycles. The summed E-state index contributed by atoms with van der Waals surface area (Å²) in [4.78, 5) is 68.3. The average Bonchev–Trinajstić information content (AvgIpc) is 3.81. The van der Waals surface area contributed by atoms with Crippen LogP contribution >= 0.6 is 11.3 Å². The number of nitrogens with one attached hydrogen (secondary N) is 4. The van der Waals surface area contributed by atoms with Gasteiger partial charge in [0.1, 0.15) is 23.1 Å². The normalized spacial score (nSPS) is 19.7. The molecule has 4 amide bonds. The van der Waals surface area contributed by atoms with Crippen LogP contribution in [-0.2, 0) is 22.6 Å². The molecule has 0 radical (unpaired) electrons. The molecule has 0 saturated heterocycles. The quantitative estimate of drug-likeness (QED) is 0.243. The first-order chi connectivity index (χ1) is 23.0. The average molecular weight is 674 g/mol. The lowest BCUT2D eigenvalue weighted by Gasteiger charge is -2.31. The van der Waals surface area contributed by atoms with Gasteiger partial charge in [0.15, 0.2) is 5.82 Å². The summed E-state index contributed by atoms with van der Waals surface area (Å²) >= 11 is 1.30. The van der Waals surface area contributed by atoms with Crippen LogP contribution in [0.3, 0.4) is 0 Å². The van der Waals surface area contributed by atoms with Gasteiger partial charge in [-0.1, -0.05) is 58.0 Å². The smallest absolute Gasteiger partial charge is 0.271 e. The molecule has 0 spiro atoms. The third kappa shape index (κ3) is 8.73. The fourth-order valence-electron chi connectivity index (χ4n) is 5.70. The molecule has 3 atom stereocenters. The van der Waals surface area contributed by atoms with Gasteiger partial charge in [-0.25, -0.2) is 14.6 Å². The van der Waals surface area contributed by atoms with Gasteiger partial charge in [0, 0.05) is 30.4 Å². The highest BCUT2D eigenvalue weighted by Crippen LogP contribution is 2.26. The van der Waals surface area contributed by atoms with E-state index in [0.29, 0.717) is 35.1 Å². The fraction of sp³-hybridized carbons (Fsp3) is 0.441. The molecular formula is C34H43N9O4S. The lowest BCUT2D eigenvalue weighted by atomic mass is 10.0. The van der Waals surface area contributed by atoms with Gasteiger partial charge in [-0.3, -0.25) is 19.2 Å². The van der Waals surface area contributed by atoms with Crippen LogP contribution in [0.2, 0.25) is 0 Å². The summed E-state index contributed by atoms with van der Waals surface area (Å²) in [5.74, 6) is -0.438. The molecule has 1 aromatic carbocycles. The summed E-state index contributed by atoms with van der Waals surface area (Å²) in [6.45, 7) is 9.44.